The van der Waals surface area contributed by atoms with E-state index in [2.05, 4.69) is 15.3 Å². The highest BCUT2D eigenvalue weighted by atomic mass is 16.5. The second-order valence-electron chi connectivity index (χ2n) is 6.83. The Bertz CT molecular complexity index is 1200. The summed E-state index contributed by atoms with van der Waals surface area (Å²) in [7, 11) is 3.15. The number of aryl methyl sites for hydroxylation is 1. The van der Waals surface area contributed by atoms with Gasteiger partial charge in [-0.05, 0) is 13.0 Å². The minimum Gasteiger partial charge on any atom is -0.493 e. The molecular formula is C23H22N4O3. The molecule has 4 aromatic rings. The zero-order valence-electron chi connectivity index (χ0n) is 17.0. The van der Waals surface area contributed by atoms with Gasteiger partial charge in [0, 0.05) is 36.3 Å². The number of imidazole rings is 1. The average molecular weight is 402 g/mol. The fourth-order valence-electron chi connectivity index (χ4n) is 3.30. The number of aromatic nitrogens is 3. The van der Waals surface area contributed by atoms with Crippen molar-refractivity contribution in [3.05, 3.63) is 77.9 Å². The average Bonchev–Trinajstić information content (AvgIpc) is 3.22. The molecule has 2 aromatic carbocycles. The number of carbonyl (C=O) groups excluding carboxylic acids is 1. The predicted molar refractivity (Wildman–Crippen MR) is 114 cm³/mol. The number of methoxy groups -OCH3 is 2. The Labute approximate surface area is 174 Å². The Balaban J connectivity index is 1.59. The highest BCUT2D eigenvalue weighted by molar-refractivity contribution is 5.93. The van der Waals surface area contributed by atoms with Gasteiger partial charge in [-0.1, -0.05) is 42.0 Å². The van der Waals surface area contributed by atoms with Gasteiger partial charge in [0.15, 0.2) is 17.1 Å². The van der Waals surface area contributed by atoms with E-state index in [9.17, 15) is 4.79 Å². The van der Waals surface area contributed by atoms with Crippen LogP contribution in [0.1, 0.15) is 21.6 Å². The maximum Gasteiger partial charge on any atom is 0.271 e. The molecule has 0 aliphatic carbocycles. The molecule has 0 bridgehead atoms. The van der Waals surface area contributed by atoms with Crippen LogP contribution in [0, 0.1) is 6.92 Å². The van der Waals surface area contributed by atoms with Gasteiger partial charge in [-0.25, -0.2) is 4.98 Å². The molecule has 7 heteroatoms. The van der Waals surface area contributed by atoms with Crippen molar-refractivity contribution in [3.63, 3.8) is 0 Å². The van der Waals surface area contributed by atoms with Gasteiger partial charge in [0.2, 0.25) is 0 Å². The van der Waals surface area contributed by atoms with E-state index >= 15 is 0 Å². The quantitative estimate of drug-likeness (QED) is 0.533. The van der Waals surface area contributed by atoms with Crippen LogP contribution in [0.4, 0.5) is 0 Å². The van der Waals surface area contributed by atoms with Crippen molar-refractivity contribution >= 4 is 11.6 Å². The van der Waals surface area contributed by atoms with E-state index in [1.807, 2.05) is 53.8 Å². The van der Waals surface area contributed by atoms with Crippen molar-refractivity contribution in [1.82, 2.24) is 19.7 Å². The minimum atomic E-state index is -0.279. The van der Waals surface area contributed by atoms with Crippen molar-refractivity contribution in [1.29, 1.82) is 0 Å². The lowest BCUT2D eigenvalue weighted by atomic mass is 10.1. The fraction of sp³-hybridized carbons (Fsp3) is 0.174. The Kier molecular flexibility index (Phi) is 5.34. The molecule has 0 radical (unpaired) electrons. The Hall–Kier alpha value is -3.87. The van der Waals surface area contributed by atoms with Gasteiger partial charge in [0.1, 0.15) is 11.4 Å². The largest absolute Gasteiger partial charge is 0.493 e. The number of para-hydroxylation sites is 1. The Morgan fingerprint density at radius 1 is 1.10 bits per heavy atom. The first-order valence-corrected chi connectivity index (χ1v) is 9.49. The molecule has 30 heavy (non-hydrogen) atoms. The molecule has 1 amide bonds. The monoisotopic (exact) mass is 402 g/mol. The van der Waals surface area contributed by atoms with Gasteiger partial charge >= 0.3 is 0 Å². The lowest BCUT2D eigenvalue weighted by Gasteiger charge is -2.12. The van der Waals surface area contributed by atoms with Crippen LogP contribution in [0.15, 0.2) is 61.1 Å². The van der Waals surface area contributed by atoms with Gasteiger partial charge in [-0.15, -0.1) is 0 Å². The number of amides is 1. The van der Waals surface area contributed by atoms with E-state index < -0.39 is 0 Å². The number of hydrogen-bond acceptors (Lipinski definition) is 5. The number of benzene rings is 2. The molecule has 1 N–H and O–H groups in total. The predicted octanol–water partition coefficient (Wildman–Crippen LogP) is 3.65. The number of hydrogen-bond donors (Lipinski definition) is 1. The number of ether oxygens (including phenoxy) is 2. The molecule has 2 aromatic heterocycles. The molecule has 0 unspecified atom stereocenters. The summed E-state index contributed by atoms with van der Waals surface area (Å²) in [6.07, 6.45) is 5.18. The number of nitrogens with zero attached hydrogens (tertiary/aromatic N) is 3. The number of fused-ring (bicyclic) bond motifs is 1. The second-order valence-corrected chi connectivity index (χ2v) is 6.83. The summed E-state index contributed by atoms with van der Waals surface area (Å²) < 4.78 is 12.5. The first kappa shape index (κ1) is 19.4. The van der Waals surface area contributed by atoms with Crippen molar-refractivity contribution in [2.75, 3.05) is 14.2 Å². The molecule has 0 saturated carbocycles. The smallest absolute Gasteiger partial charge is 0.271 e. The van der Waals surface area contributed by atoms with Crippen molar-refractivity contribution < 1.29 is 14.3 Å². The highest BCUT2D eigenvalue weighted by Crippen LogP contribution is 2.30. The highest BCUT2D eigenvalue weighted by Gasteiger charge is 2.16. The van der Waals surface area contributed by atoms with Crippen LogP contribution in [0.3, 0.4) is 0 Å². The van der Waals surface area contributed by atoms with Gasteiger partial charge in [-0.2, -0.15) is 0 Å². The van der Waals surface area contributed by atoms with Crippen LogP contribution in [0.5, 0.6) is 11.5 Å². The zero-order chi connectivity index (χ0) is 21.1. The summed E-state index contributed by atoms with van der Waals surface area (Å²) in [6, 6.07) is 13.6. The third-order valence-corrected chi connectivity index (χ3v) is 4.86. The lowest BCUT2D eigenvalue weighted by molar-refractivity contribution is 0.0946. The van der Waals surface area contributed by atoms with Crippen LogP contribution in [-0.4, -0.2) is 34.5 Å². The van der Waals surface area contributed by atoms with Gasteiger partial charge < -0.3 is 19.2 Å². The van der Waals surface area contributed by atoms with Crippen LogP contribution in [0.2, 0.25) is 0 Å². The van der Waals surface area contributed by atoms with Crippen LogP contribution < -0.4 is 14.8 Å². The maximum atomic E-state index is 12.8. The zero-order valence-corrected chi connectivity index (χ0v) is 17.0. The topological polar surface area (TPSA) is 77.8 Å². The van der Waals surface area contributed by atoms with Crippen LogP contribution in [-0.2, 0) is 6.54 Å². The number of rotatable bonds is 6. The van der Waals surface area contributed by atoms with Crippen molar-refractivity contribution in [2.24, 2.45) is 0 Å². The first-order valence-electron chi connectivity index (χ1n) is 9.49. The molecule has 0 spiro atoms. The molecule has 0 atom stereocenters. The molecule has 0 saturated heterocycles. The minimum absolute atomic E-state index is 0.279. The molecule has 0 aliphatic rings. The fourth-order valence-corrected chi connectivity index (χ4v) is 3.30. The van der Waals surface area contributed by atoms with E-state index in [0.717, 1.165) is 16.8 Å². The lowest BCUT2D eigenvalue weighted by Crippen LogP contribution is -2.23. The SMILES string of the molecule is COc1cccc(CNC(=O)c2cn3ccnc(-c4ccc(C)cc4)c3n2)c1OC. The normalized spacial score (nSPS) is 10.8. The standard InChI is InChI=1S/C23H22N4O3/c1-15-7-9-16(10-8-15)20-22-26-18(14-27(22)12-11-24-20)23(28)25-13-17-5-4-6-19(29-2)21(17)30-3/h4-12,14H,13H2,1-3H3,(H,25,28). The summed E-state index contributed by atoms with van der Waals surface area (Å²) in [6.45, 7) is 2.32. The van der Waals surface area contributed by atoms with Crippen molar-refractivity contribution in [2.45, 2.75) is 13.5 Å². The molecule has 7 nitrogen and oxygen atoms in total. The van der Waals surface area contributed by atoms with E-state index in [1.165, 1.54) is 5.56 Å². The summed E-state index contributed by atoms with van der Waals surface area (Å²) in [5, 5.41) is 2.90. The number of carbonyl (C=O) groups is 1. The maximum absolute atomic E-state index is 12.8. The molecule has 152 valence electrons. The molecule has 4 rings (SSSR count). The summed E-state index contributed by atoms with van der Waals surface area (Å²) >= 11 is 0. The van der Waals surface area contributed by atoms with Gasteiger partial charge in [-0.3, -0.25) is 9.78 Å². The van der Waals surface area contributed by atoms with Gasteiger partial charge in [0.05, 0.1) is 14.2 Å². The summed E-state index contributed by atoms with van der Waals surface area (Å²) in [5.41, 5.74) is 4.61. The third kappa shape index (κ3) is 3.69. The van der Waals surface area contributed by atoms with E-state index in [-0.39, 0.29) is 12.5 Å². The summed E-state index contributed by atoms with van der Waals surface area (Å²) in [4.78, 5) is 21.8. The van der Waals surface area contributed by atoms with E-state index in [1.54, 1.807) is 32.8 Å². The molecule has 0 fully saturated rings. The third-order valence-electron chi connectivity index (χ3n) is 4.86. The molecular weight excluding hydrogens is 380 g/mol. The Morgan fingerprint density at radius 3 is 2.63 bits per heavy atom. The number of nitrogens with one attached hydrogen (secondary N) is 1. The van der Waals surface area contributed by atoms with Crippen LogP contribution in [0.25, 0.3) is 16.9 Å². The second kappa shape index (κ2) is 8.24. The molecule has 2 heterocycles. The molecule has 0 aliphatic heterocycles. The first-order chi connectivity index (χ1) is 14.6. The summed E-state index contributed by atoms with van der Waals surface area (Å²) in [5.74, 6) is 0.936. The Morgan fingerprint density at radius 2 is 1.90 bits per heavy atom. The van der Waals surface area contributed by atoms with E-state index in [0.29, 0.717) is 22.8 Å². The van der Waals surface area contributed by atoms with Crippen molar-refractivity contribution in [3.8, 4) is 22.8 Å². The van der Waals surface area contributed by atoms with Gasteiger partial charge in [0.25, 0.3) is 5.91 Å². The van der Waals surface area contributed by atoms with Crippen LogP contribution >= 0.6 is 0 Å². The van der Waals surface area contributed by atoms with E-state index in [4.69, 9.17) is 9.47 Å².